The Morgan fingerprint density at radius 1 is 1.50 bits per heavy atom. The van der Waals surface area contributed by atoms with E-state index in [1.807, 2.05) is 22.9 Å². The SMILES string of the molecule is CCCn1nc(I)c2cc(Cl)ccc21. The second-order valence-electron chi connectivity index (χ2n) is 3.18. The van der Waals surface area contributed by atoms with Gasteiger partial charge in [-0.25, -0.2) is 0 Å². The van der Waals surface area contributed by atoms with Crippen molar-refractivity contribution in [1.82, 2.24) is 9.78 Å². The van der Waals surface area contributed by atoms with Crippen LogP contribution in [-0.2, 0) is 6.54 Å². The highest BCUT2D eigenvalue weighted by molar-refractivity contribution is 14.1. The number of hydrogen-bond donors (Lipinski definition) is 0. The highest BCUT2D eigenvalue weighted by Gasteiger charge is 2.07. The molecule has 0 amide bonds. The van der Waals surface area contributed by atoms with E-state index in [1.54, 1.807) is 0 Å². The van der Waals surface area contributed by atoms with E-state index in [-0.39, 0.29) is 0 Å². The molecule has 0 saturated heterocycles. The highest BCUT2D eigenvalue weighted by Crippen LogP contribution is 2.23. The van der Waals surface area contributed by atoms with Gasteiger partial charge in [0.05, 0.1) is 5.52 Å². The highest BCUT2D eigenvalue weighted by atomic mass is 127. The van der Waals surface area contributed by atoms with Crippen LogP contribution in [-0.4, -0.2) is 9.78 Å². The summed E-state index contributed by atoms with van der Waals surface area (Å²) >= 11 is 8.18. The molecule has 0 atom stereocenters. The van der Waals surface area contributed by atoms with Crippen LogP contribution in [0.5, 0.6) is 0 Å². The fraction of sp³-hybridized carbons (Fsp3) is 0.300. The summed E-state index contributed by atoms with van der Waals surface area (Å²) in [6.07, 6.45) is 1.09. The molecule has 2 rings (SSSR count). The molecule has 0 radical (unpaired) electrons. The molecule has 0 aliphatic rings. The number of aromatic nitrogens is 2. The standard InChI is InChI=1S/C10H10ClIN2/c1-2-5-14-9-4-3-7(11)6-8(9)10(12)13-14/h3-4,6H,2,5H2,1H3. The van der Waals surface area contributed by atoms with E-state index in [9.17, 15) is 0 Å². The Labute approximate surface area is 101 Å². The summed E-state index contributed by atoms with van der Waals surface area (Å²) in [7, 11) is 0. The zero-order valence-electron chi connectivity index (χ0n) is 7.80. The van der Waals surface area contributed by atoms with Gasteiger partial charge in [-0.15, -0.1) is 0 Å². The first-order valence-electron chi connectivity index (χ1n) is 4.54. The second-order valence-corrected chi connectivity index (χ2v) is 4.63. The number of benzene rings is 1. The van der Waals surface area contributed by atoms with Crippen molar-refractivity contribution in [2.75, 3.05) is 0 Å². The monoisotopic (exact) mass is 320 g/mol. The van der Waals surface area contributed by atoms with Gasteiger partial charge in [0, 0.05) is 17.0 Å². The first kappa shape index (κ1) is 10.2. The molecule has 4 heteroatoms. The lowest BCUT2D eigenvalue weighted by molar-refractivity contribution is 0.618. The van der Waals surface area contributed by atoms with E-state index in [0.29, 0.717) is 0 Å². The third-order valence-corrected chi connectivity index (χ3v) is 3.13. The summed E-state index contributed by atoms with van der Waals surface area (Å²) in [5.74, 6) is 0. The van der Waals surface area contributed by atoms with Crippen molar-refractivity contribution < 1.29 is 0 Å². The smallest absolute Gasteiger partial charge is 0.131 e. The van der Waals surface area contributed by atoms with Crippen LogP contribution in [0.4, 0.5) is 0 Å². The van der Waals surface area contributed by atoms with Gasteiger partial charge in [0.2, 0.25) is 0 Å². The molecule has 14 heavy (non-hydrogen) atoms. The van der Waals surface area contributed by atoms with Crippen molar-refractivity contribution >= 4 is 45.1 Å². The molecule has 0 aliphatic carbocycles. The molecule has 2 aromatic rings. The summed E-state index contributed by atoms with van der Waals surface area (Å²) in [5, 5.41) is 6.38. The van der Waals surface area contributed by atoms with E-state index < -0.39 is 0 Å². The van der Waals surface area contributed by atoms with E-state index in [1.165, 1.54) is 5.52 Å². The molecule has 1 aromatic carbocycles. The average Bonchev–Trinajstić information content (AvgIpc) is 2.44. The summed E-state index contributed by atoms with van der Waals surface area (Å²) in [5.41, 5.74) is 1.17. The molecule has 0 aliphatic heterocycles. The van der Waals surface area contributed by atoms with Gasteiger partial charge in [0.1, 0.15) is 3.70 Å². The summed E-state index contributed by atoms with van der Waals surface area (Å²) in [4.78, 5) is 0. The van der Waals surface area contributed by atoms with Crippen molar-refractivity contribution in [3.05, 3.63) is 26.9 Å². The van der Waals surface area contributed by atoms with Gasteiger partial charge in [-0.1, -0.05) is 18.5 Å². The maximum atomic E-state index is 5.94. The third kappa shape index (κ3) is 1.75. The van der Waals surface area contributed by atoms with E-state index in [2.05, 4.69) is 34.6 Å². The van der Waals surface area contributed by atoms with Crippen LogP contribution in [0.3, 0.4) is 0 Å². The van der Waals surface area contributed by atoms with Crippen molar-refractivity contribution in [3.8, 4) is 0 Å². The lowest BCUT2D eigenvalue weighted by Gasteiger charge is -1.99. The zero-order chi connectivity index (χ0) is 10.1. The van der Waals surface area contributed by atoms with Gasteiger partial charge in [0.25, 0.3) is 0 Å². The molecule has 0 saturated carbocycles. The first-order valence-corrected chi connectivity index (χ1v) is 5.99. The van der Waals surface area contributed by atoms with Crippen LogP contribution >= 0.6 is 34.2 Å². The molecule has 0 bridgehead atoms. The van der Waals surface area contributed by atoms with Crippen LogP contribution in [0.2, 0.25) is 5.02 Å². The van der Waals surface area contributed by atoms with Crippen molar-refractivity contribution in [2.24, 2.45) is 0 Å². The molecule has 0 fully saturated rings. The molecular weight excluding hydrogens is 310 g/mol. The van der Waals surface area contributed by atoms with Crippen molar-refractivity contribution in [3.63, 3.8) is 0 Å². The van der Waals surface area contributed by atoms with Crippen molar-refractivity contribution in [1.29, 1.82) is 0 Å². The van der Waals surface area contributed by atoms with Gasteiger partial charge >= 0.3 is 0 Å². The predicted molar refractivity (Wildman–Crippen MR) is 67.8 cm³/mol. The normalized spacial score (nSPS) is 11.1. The van der Waals surface area contributed by atoms with Gasteiger partial charge < -0.3 is 0 Å². The Morgan fingerprint density at radius 2 is 2.29 bits per heavy atom. The van der Waals surface area contributed by atoms with E-state index in [0.717, 1.165) is 27.1 Å². The van der Waals surface area contributed by atoms with Crippen molar-refractivity contribution in [2.45, 2.75) is 19.9 Å². The summed E-state index contributed by atoms with van der Waals surface area (Å²) in [6, 6.07) is 5.91. The first-order chi connectivity index (χ1) is 6.72. The number of rotatable bonds is 2. The molecule has 2 nitrogen and oxygen atoms in total. The molecule has 1 aromatic heterocycles. The largest absolute Gasteiger partial charge is 0.264 e. The van der Waals surface area contributed by atoms with Gasteiger partial charge in [0.15, 0.2) is 0 Å². The second kappa shape index (κ2) is 4.06. The van der Waals surface area contributed by atoms with Crippen LogP contribution < -0.4 is 0 Å². The molecular formula is C10H10ClIN2. The minimum atomic E-state index is 0.770. The Hall–Kier alpha value is -0.290. The predicted octanol–water partition coefficient (Wildman–Crippen LogP) is 3.70. The topological polar surface area (TPSA) is 17.8 Å². The van der Waals surface area contributed by atoms with Crippen LogP contribution in [0.25, 0.3) is 10.9 Å². The minimum Gasteiger partial charge on any atom is -0.264 e. The fourth-order valence-electron chi connectivity index (χ4n) is 1.49. The molecule has 0 N–H and O–H groups in total. The maximum absolute atomic E-state index is 5.94. The zero-order valence-corrected chi connectivity index (χ0v) is 10.7. The molecule has 0 spiro atoms. The summed E-state index contributed by atoms with van der Waals surface area (Å²) in [6.45, 7) is 3.11. The Kier molecular flexibility index (Phi) is 2.97. The Bertz CT molecular complexity index is 464. The Balaban J connectivity index is 2.65. The van der Waals surface area contributed by atoms with Gasteiger partial charge in [-0.05, 0) is 47.2 Å². The Morgan fingerprint density at radius 3 is 3.00 bits per heavy atom. The lowest BCUT2D eigenvalue weighted by Crippen LogP contribution is -1.98. The maximum Gasteiger partial charge on any atom is 0.131 e. The molecule has 74 valence electrons. The summed E-state index contributed by atoms with van der Waals surface area (Å²) < 4.78 is 3.06. The minimum absolute atomic E-state index is 0.770. The third-order valence-electron chi connectivity index (χ3n) is 2.10. The number of aryl methyl sites for hydroxylation is 1. The fourth-order valence-corrected chi connectivity index (χ4v) is 2.36. The lowest BCUT2D eigenvalue weighted by atomic mass is 10.2. The number of halogens is 2. The molecule has 1 heterocycles. The van der Waals surface area contributed by atoms with Gasteiger partial charge in [-0.2, -0.15) is 5.10 Å². The average molecular weight is 321 g/mol. The number of fused-ring (bicyclic) bond motifs is 1. The van der Waals surface area contributed by atoms with Crippen LogP contribution in [0, 0.1) is 3.70 Å². The number of hydrogen-bond acceptors (Lipinski definition) is 1. The quantitative estimate of drug-likeness (QED) is 0.771. The molecule has 0 unspecified atom stereocenters. The number of nitrogens with zero attached hydrogens (tertiary/aromatic N) is 2. The van der Waals surface area contributed by atoms with E-state index in [4.69, 9.17) is 11.6 Å². The van der Waals surface area contributed by atoms with Crippen LogP contribution in [0.1, 0.15) is 13.3 Å². The van der Waals surface area contributed by atoms with Crippen LogP contribution in [0.15, 0.2) is 18.2 Å². The van der Waals surface area contributed by atoms with E-state index >= 15 is 0 Å². The van der Waals surface area contributed by atoms with Gasteiger partial charge in [-0.3, -0.25) is 4.68 Å².